The van der Waals surface area contributed by atoms with Crippen LogP contribution in [0.25, 0.3) is 0 Å². The van der Waals surface area contributed by atoms with E-state index in [1.54, 1.807) is 18.2 Å². The van der Waals surface area contributed by atoms with Crippen molar-refractivity contribution in [2.45, 2.75) is 4.90 Å². The molecule has 0 unspecified atom stereocenters. The predicted octanol–water partition coefficient (Wildman–Crippen LogP) is 5.66. The van der Waals surface area contributed by atoms with Crippen LogP contribution in [0.3, 0.4) is 0 Å². The van der Waals surface area contributed by atoms with Crippen LogP contribution in [-0.4, -0.2) is 11.7 Å². The highest BCUT2D eigenvalue weighted by molar-refractivity contribution is 7.99. The highest BCUT2D eigenvalue weighted by Gasteiger charge is 2.15. The molecule has 22 heavy (non-hydrogen) atoms. The van der Waals surface area contributed by atoms with Crippen LogP contribution in [0.2, 0.25) is 10.0 Å². The smallest absolute Gasteiger partial charge is 0.257 e. The van der Waals surface area contributed by atoms with Gasteiger partial charge in [0.2, 0.25) is 0 Å². The minimum Gasteiger partial charge on any atom is -0.321 e. The van der Waals surface area contributed by atoms with E-state index in [9.17, 15) is 9.18 Å². The summed E-state index contributed by atoms with van der Waals surface area (Å²) >= 11 is 13.1. The minimum atomic E-state index is -0.689. The fourth-order valence-corrected chi connectivity index (χ4v) is 2.95. The van der Waals surface area contributed by atoms with Gasteiger partial charge in [-0.15, -0.1) is 18.3 Å². The molecule has 2 nitrogen and oxygen atoms in total. The predicted molar refractivity (Wildman–Crippen MR) is 91.7 cm³/mol. The molecule has 2 rings (SSSR count). The quantitative estimate of drug-likeness (QED) is 0.425. The Kier molecular flexibility index (Phi) is 5.89. The number of para-hydroxylation sites is 1. The van der Waals surface area contributed by atoms with Crippen molar-refractivity contribution in [3.05, 3.63) is 70.5 Å². The number of carbonyl (C=O) groups excluding carboxylic acids is 1. The molecule has 0 aliphatic carbocycles. The largest absolute Gasteiger partial charge is 0.321 e. The van der Waals surface area contributed by atoms with Crippen molar-refractivity contribution in [2.24, 2.45) is 0 Å². The first-order valence-corrected chi connectivity index (χ1v) is 8.05. The van der Waals surface area contributed by atoms with Crippen LogP contribution in [0, 0.1) is 5.82 Å². The number of nitrogens with one attached hydrogen (secondary N) is 1. The summed E-state index contributed by atoms with van der Waals surface area (Å²) in [5.74, 6) is -0.471. The maximum Gasteiger partial charge on any atom is 0.257 e. The summed E-state index contributed by atoms with van der Waals surface area (Å²) in [4.78, 5) is 13.2. The summed E-state index contributed by atoms with van der Waals surface area (Å²) < 4.78 is 13.5. The normalized spacial score (nSPS) is 10.3. The number of halogens is 3. The monoisotopic (exact) mass is 355 g/mol. The molecule has 114 valence electrons. The number of thioether (sulfide) groups is 1. The van der Waals surface area contributed by atoms with E-state index in [-0.39, 0.29) is 15.6 Å². The lowest BCUT2D eigenvalue weighted by Crippen LogP contribution is -2.13. The molecule has 6 heteroatoms. The Morgan fingerprint density at radius 2 is 2.00 bits per heavy atom. The molecule has 0 radical (unpaired) electrons. The van der Waals surface area contributed by atoms with E-state index in [4.69, 9.17) is 23.2 Å². The second-order valence-corrected chi connectivity index (χ2v) is 6.17. The van der Waals surface area contributed by atoms with Gasteiger partial charge < -0.3 is 5.32 Å². The first kappa shape index (κ1) is 16.9. The maximum atomic E-state index is 13.5. The molecule has 0 aliphatic rings. The van der Waals surface area contributed by atoms with Crippen LogP contribution in [0.4, 0.5) is 10.1 Å². The topological polar surface area (TPSA) is 29.1 Å². The average Bonchev–Trinajstić information content (AvgIpc) is 2.50. The van der Waals surface area contributed by atoms with Crippen molar-refractivity contribution in [2.75, 3.05) is 11.1 Å². The molecule has 0 atom stereocenters. The van der Waals surface area contributed by atoms with Gasteiger partial charge in [-0.3, -0.25) is 4.79 Å². The molecule has 0 saturated carbocycles. The van der Waals surface area contributed by atoms with Crippen molar-refractivity contribution in [1.82, 2.24) is 0 Å². The number of anilines is 1. The van der Waals surface area contributed by atoms with E-state index >= 15 is 0 Å². The lowest BCUT2D eigenvalue weighted by Gasteiger charge is -2.11. The molecule has 1 N–H and O–H groups in total. The summed E-state index contributed by atoms with van der Waals surface area (Å²) in [5, 5.41) is 2.71. The third kappa shape index (κ3) is 4.03. The molecule has 0 spiro atoms. The lowest BCUT2D eigenvalue weighted by molar-refractivity contribution is 0.102. The van der Waals surface area contributed by atoms with Gasteiger partial charge in [0.1, 0.15) is 5.82 Å². The zero-order valence-electron chi connectivity index (χ0n) is 11.4. The summed E-state index contributed by atoms with van der Waals surface area (Å²) in [6.45, 7) is 3.66. The van der Waals surface area contributed by atoms with Gasteiger partial charge in [0.25, 0.3) is 5.91 Å². The van der Waals surface area contributed by atoms with Crippen LogP contribution in [0.1, 0.15) is 10.4 Å². The van der Waals surface area contributed by atoms with Gasteiger partial charge in [0.05, 0.1) is 21.3 Å². The van der Waals surface area contributed by atoms with Gasteiger partial charge in [-0.25, -0.2) is 4.39 Å². The Bertz CT molecular complexity index is 721. The summed E-state index contributed by atoms with van der Waals surface area (Å²) in [6, 6.07) is 9.57. The van der Waals surface area contributed by atoms with Crippen LogP contribution >= 0.6 is 35.0 Å². The molecule has 0 bridgehead atoms. The van der Waals surface area contributed by atoms with E-state index < -0.39 is 11.7 Å². The van der Waals surface area contributed by atoms with Gasteiger partial charge in [-0.05, 0) is 24.3 Å². The van der Waals surface area contributed by atoms with Crippen molar-refractivity contribution in [3.8, 4) is 0 Å². The van der Waals surface area contributed by atoms with E-state index in [1.165, 1.54) is 17.8 Å². The van der Waals surface area contributed by atoms with Gasteiger partial charge in [0, 0.05) is 10.6 Å². The van der Waals surface area contributed by atoms with Gasteiger partial charge in [-0.1, -0.05) is 41.4 Å². The van der Waals surface area contributed by atoms with Crippen LogP contribution in [0.15, 0.2) is 53.9 Å². The van der Waals surface area contributed by atoms with Crippen LogP contribution < -0.4 is 5.32 Å². The third-order valence-electron chi connectivity index (χ3n) is 2.75. The first-order chi connectivity index (χ1) is 10.5. The number of hydrogen-bond donors (Lipinski definition) is 1. The van der Waals surface area contributed by atoms with Gasteiger partial charge in [-0.2, -0.15) is 0 Å². The summed E-state index contributed by atoms with van der Waals surface area (Å²) in [7, 11) is 0. The summed E-state index contributed by atoms with van der Waals surface area (Å²) in [6.07, 6.45) is 1.77. The second-order valence-electron chi connectivity index (χ2n) is 4.30. The molecule has 0 saturated heterocycles. The number of amides is 1. The second kappa shape index (κ2) is 7.68. The molecular weight excluding hydrogens is 344 g/mol. The molecule has 0 aromatic heterocycles. The highest BCUT2D eigenvalue weighted by atomic mass is 35.5. The molecule has 2 aromatic rings. The van der Waals surface area contributed by atoms with Gasteiger partial charge in [0.15, 0.2) is 0 Å². The number of hydrogen-bond acceptors (Lipinski definition) is 2. The Balaban J connectivity index is 2.26. The molecule has 2 aromatic carbocycles. The molecule has 0 heterocycles. The van der Waals surface area contributed by atoms with E-state index in [1.807, 2.05) is 12.1 Å². The van der Waals surface area contributed by atoms with Crippen molar-refractivity contribution in [1.29, 1.82) is 0 Å². The lowest BCUT2D eigenvalue weighted by atomic mass is 10.2. The fourth-order valence-electron chi connectivity index (χ4n) is 1.73. The zero-order valence-corrected chi connectivity index (χ0v) is 13.7. The SMILES string of the molecule is C=CCSc1ccccc1NC(=O)c1cc(F)c(Cl)cc1Cl. The number of carbonyl (C=O) groups is 1. The maximum absolute atomic E-state index is 13.5. The standard InChI is InChI=1S/C16H12Cl2FNOS/c1-2-7-22-15-6-4-3-5-14(15)20-16(21)10-8-13(19)12(18)9-11(10)17/h2-6,8-9H,1,7H2,(H,20,21). The third-order valence-corrected chi connectivity index (χ3v) is 4.42. The Hall–Kier alpha value is -1.49. The number of benzene rings is 2. The van der Waals surface area contributed by atoms with Crippen molar-refractivity contribution < 1.29 is 9.18 Å². The van der Waals surface area contributed by atoms with E-state index in [0.29, 0.717) is 11.4 Å². The minimum absolute atomic E-state index is 0.0343. The number of rotatable bonds is 5. The zero-order chi connectivity index (χ0) is 16.1. The fraction of sp³-hybridized carbons (Fsp3) is 0.0625. The summed E-state index contributed by atoms with van der Waals surface area (Å²) in [5.41, 5.74) is 0.665. The molecule has 0 aliphatic heterocycles. The van der Waals surface area contributed by atoms with Gasteiger partial charge >= 0.3 is 0 Å². The van der Waals surface area contributed by atoms with E-state index in [0.717, 1.165) is 11.0 Å². The average molecular weight is 356 g/mol. The van der Waals surface area contributed by atoms with Crippen molar-refractivity contribution >= 4 is 46.6 Å². The van der Waals surface area contributed by atoms with Crippen LogP contribution in [-0.2, 0) is 0 Å². The van der Waals surface area contributed by atoms with Crippen LogP contribution in [0.5, 0.6) is 0 Å². The first-order valence-electron chi connectivity index (χ1n) is 6.31. The Labute approximate surface area is 142 Å². The van der Waals surface area contributed by atoms with Crippen molar-refractivity contribution in [3.63, 3.8) is 0 Å². The molecular formula is C16H12Cl2FNOS. The highest BCUT2D eigenvalue weighted by Crippen LogP contribution is 2.29. The molecule has 1 amide bonds. The Morgan fingerprint density at radius 3 is 2.73 bits per heavy atom. The van der Waals surface area contributed by atoms with E-state index in [2.05, 4.69) is 11.9 Å². The molecule has 0 fully saturated rings. The Morgan fingerprint density at radius 1 is 1.27 bits per heavy atom.